The zero-order chi connectivity index (χ0) is 17.4. The van der Waals surface area contributed by atoms with Crippen LogP contribution >= 0.6 is 0 Å². The Bertz CT molecular complexity index is 743. The second-order valence-electron chi connectivity index (χ2n) is 7.06. The van der Waals surface area contributed by atoms with Gasteiger partial charge in [0.1, 0.15) is 11.9 Å². The number of fused-ring (bicyclic) bond motifs is 1. The highest BCUT2D eigenvalue weighted by Gasteiger charge is 2.34. The van der Waals surface area contributed by atoms with Crippen molar-refractivity contribution in [3.05, 3.63) is 59.6 Å². The van der Waals surface area contributed by atoms with E-state index in [1.54, 1.807) is 7.11 Å². The summed E-state index contributed by atoms with van der Waals surface area (Å²) in [5, 5.41) is 0. The summed E-state index contributed by atoms with van der Waals surface area (Å²) in [6.45, 7) is 4.54. The number of hydrogen-bond acceptors (Lipinski definition) is 4. The van der Waals surface area contributed by atoms with E-state index in [0.29, 0.717) is 0 Å². The lowest BCUT2D eigenvalue weighted by Gasteiger charge is -2.36. The third kappa shape index (κ3) is 2.80. The van der Waals surface area contributed by atoms with Crippen LogP contribution in [0.25, 0.3) is 5.70 Å². The molecule has 1 unspecified atom stereocenters. The van der Waals surface area contributed by atoms with Crippen molar-refractivity contribution in [2.75, 3.05) is 27.2 Å². The van der Waals surface area contributed by atoms with Crippen LogP contribution in [0.15, 0.2) is 54.0 Å². The molecular weight excluding hydrogens is 310 g/mol. The number of methoxy groups -OCH3 is 1. The van der Waals surface area contributed by atoms with Crippen molar-refractivity contribution in [1.82, 2.24) is 14.7 Å². The quantitative estimate of drug-likeness (QED) is 0.834. The molecule has 0 amide bonds. The first-order valence-electron chi connectivity index (χ1n) is 9.20. The smallest absolute Gasteiger partial charge is 0.125 e. The van der Waals surface area contributed by atoms with Gasteiger partial charge < -0.3 is 19.4 Å². The van der Waals surface area contributed by atoms with Crippen LogP contribution < -0.4 is 4.74 Å². The number of allylic oxidation sites excluding steroid dienone is 2. The highest BCUT2D eigenvalue weighted by molar-refractivity contribution is 5.71. The fourth-order valence-corrected chi connectivity index (χ4v) is 4.07. The van der Waals surface area contributed by atoms with Crippen molar-refractivity contribution in [2.45, 2.75) is 32.4 Å². The molecule has 1 aromatic rings. The molecule has 1 saturated heterocycles. The Hall–Kier alpha value is -2.36. The topological polar surface area (TPSA) is 19.0 Å². The highest BCUT2D eigenvalue weighted by atomic mass is 16.5. The summed E-state index contributed by atoms with van der Waals surface area (Å²) < 4.78 is 5.44. The van der Waals surface area contributed by atoms with Crippen LogP contribution in [-0.4, -0.2) is 48.1 Å². The maximum atomic E-state index is 5.44. The molecule has 25 heavy (non-hydrogen) atoms. The van der Waals surface area contributed by atoms with Gasteiger partial charge in [-0.25, -0.2) is 0 Å². The number of ether oxygens (including phenoxy) is 1. The molecule has 0 aliphatic carbocycles. The normalized spacial score (nSPS) is 23.1. The lowest BCUT2D eigenvalue weighted by atomic mass is 10.1. The molecule has 1 fully saturated rings. The molecule has 1 atom stereocenters. The molecule has 4 nitrogen and oxygen atoms in total. The van der Waals surface area contributed by atoms with Gasteiger partial charge in [0.05, 0.1) is 18.5 Å². The predicted molar refractivity (Wildman–Crippen MR) is 102 cm³/mol. The Balaban J connectivity index is 1.70. The highest BCUT2D eigenvalue weighted by Crippen LogP contribution is 2.39. The number of rotatable bonds is 3. The molecule has 3 aliphatic rings. The van der Waals surface area contributed by atoms with E-state index < -0.39 is 0 Å². The minimum absolute atomic E-state index is 0.259. The summed E-state index contributed by atoms with van der Waals surface area (Å²) >= 11 is 0. The average molecular weight is 337 g/mol. The Labute approximate surface area is 150 Å². The number of hydrogen-bond donors (Lipinski definition) is 0. The van der Waals surface area contributed by atoms with E-state index in [-0.39, 0.29) is 6.17 Å². The Kier molecular flexibility index (Phi) is 4.20. The Morgan fingerprint density at radius 3 is 2.68 bits per heavy atom. The van der Waals surface area contributed by atoms with E-state index >= 15 is 0 Å². The van der Waals surface area contributed by atoms with Crippen molar-refractivity contribution in [1.29, 1.82) is 0 Å². The van der Waals surface area contributed by atoms with E-state index in [2.05, 4.69) is 65.2 Å². The minimum atomic E-state index is 0.259. The number of benzene rings is 1. The summed E-state index contributed by atoms with van der Waals surface area (Å²) in [4.78, 5) is 7.27. The first-order chi connectivity index (χ1) is 12.2. The van der Waals surface area contributed by atoms with Gasteiger partial charge >= 0.3 is 0 Å². The monoisotopic (exact) mass is 337 g/mol. The lowest BCUT2D eigenvalue weighted by Crippen LogP contribution is -2.38. The average Bonchev–Trinajstić information content (AvgIpc) is 2.92. The van der Waals surface area contributed by atoms with Gasteiger partial charge in [0.15, 0.2) is 0 Å². The predicted octanol–water partition coefficient (Wildman–Crippen LogP) is 3.85. The summed E-state index contributed by atoms with van der Waals surface area (Å²) in [5.41, 5.74) is 5.10. The summed E-state index contributed by atoms with van der Waals surface area (Å²) in [5.74, 6) is 0.900. The number of piperidine rings is 1. The lowest BCUT2D eigenvalue weighted by molar-refractivity contribution is 0.246. The van der Waals surface area contributed by atoms with E-state index in [0.717, 1.165) is 5.75 Å². The van der Waals surface area contributed by atoms with Crippen molar-refractivity contribution in [3.8, 4) is 5.75 Å². The largest absolute Gasteiger partial charge is 0.497 e. The van der Waals surface area contributed by atoms with Crippen LogP contribution in [0.2, 0.25) is 0 Å². The number of likely N-dealkylation sites (N-methyl/N-ethyl adjacent to an activating group) is 1. The molecule has 1 aromatic carbocycles. The van der Waals surface area contributed by atoms with E-state index in [4.69, 9.17) is 4.74 Å². The van der Waals surface area contributed by atoms with Gasteiger partial charge in [-0.15, -0.1) is 0 Å². The van der Waals surface area contributed by atoms with Crippen molar-refractivity contribution < 1.29 is 4.74 Å². The first kappa shape index (κ1) is 16.1. The van der Waals surface area contributed by atoms with Crippen molar-refractivity contribution in [2.24, 2.45) is 0 Å². The zero-order valence-electron chi connectivity index (χ0n) is 15.4. The van der Waals surface area contributed by atoms with Crippen LogP contribution in [0.4, 0.5) is 0 Å². The molecule has 3 heterocycles. The van der Waals surface area contributed by atoms with Gasteiger partial charge in [-0.2, -0.15) is 0 Å². The SMILES string of the molecule is COc1cccc(C2=C(C)N(C)C3C=CC(N4CCCCC4)=CN23)c1. The molecule has 0 radical (unpaired) electrons. The maximum Gasteiger partial charge on any atom is 0.125 e. The molecule has 0 bridgehead atoms. The number of nitrogens with zero attached hydrogens (tertiary/aromatic N) is 3. The molecule has 0 spiro atoms. The Morgan fingerprint density at radius 2 is 1.92 bits per heavy atom. The van der Waals surface area contributed by atoms with Crippen LogP contribution in [0, 0.1) is 0 Å². The molecule has 0 saturated carbocycles. The minimum Gasteiger partial charge on any atom is -0.497 e. The number of likely N-dealkylation sites (tertiary alicyclic amines) is 1. The summed E-state index contributed by atoms with van der Waals surface area (Å²) in [7, 11) is 3.90. The molecule has 0 N–H and O–H groups in total. The van der Waals surface area contributed by atoms with Gasteiger partial charge in [-0.3, -0.25) is 0 Å². The third-order valence-corrected chi connectivity index (χ3v) is 5.59. The van der Waals surface area contributed by atoms with Gasteiger partial charge in [-0.1, -0.05) is 12.1 Å². The molecule has 4 heteroatoms. The van der Waals surface area contributed by atoms with E-state index in [1.165, 1.54) is 55.0 Å². The molecule has 3 aliphatic heterocycles. The van der Waals surface area contributed by atoms with Gasteiger partial charge in [0.2, 0.25) is 0 Å². The third-order valence-electron chi connectivity index (χ3n) is 5.59. The van der Waals surface area contributed by atoms with Crippen LogP contribution in [0.3, 0.4) is 0 Å². The zero-order valence-corrected chi connectivity index (χ0v) is 15.4. The summed E-state index contributed by atoms with van der Waals surface area (Å²) in [6, 6.07) is 8.36. The fourth-order valence-electron chi connectivity index (χ4n) is 4.07. The second-order valence-corrected chi connectivity index (χ2v) is 7.06. The van der Waals surface area contributed by atoms with Gasteiger partial charge in [-0.05, 0) is 50.5 Å². The van der Waals surface area contributed by atoms with Crippen LogP contribution in [0.5, 0.6) is 5.75 Å². The molecule has 0 aromatic heterocycles. The summed E-state index contributed by atoms with van der Waals surface area (Å²) in [6.07, 6.45) is 11.2. The van der Waals surface area contributed by atoms with Crippen molar-refractivity contribution >= 4 is 5.70 Å². The molecule has 4 rings (SSSR count). The fraction of sp³-hybridized carbons (Fsp3) is 0.429. The maximum absolute atomic E-state index is 5.44. The molecule has 132 valence electrons. The van der Waals surface area contributed by atoms with E-state index in [9.17, 15) is 0 Å². The second kappa shape index (κ2) is 6.51. The van der Waals surface area contributed by atoms with Crippen molar-refractivity contribution in [3.63, 3.8) is 0 Å². The van der Waals surface area contributed by atoms with E-state index in [1.807, 2.05) is 6.07 Å². The van der Waals surface area contributed by atoms with Gasteiger partial charge in [0, 0.05) is 37.6 Å². The van der Waals surface area contributed by atoms with Crippen LogP contribution in [0.1, 0.15) is 31.7 Å². The molecular formula is C21H27N3O. The van der Waals surface area contributed by atoms with Gasteiger partial charge in [0.25, 0.3) is 0 Å². The standard InChI is InChI=1S/C21H27N3O/c1-16-21(17-8-7-9-19(14-17)25-3)24-15-18(10-11-20(24)22(16)2)23-12-5-4-6-13-23/h7-11,14-15,20H,4-6,12-13H2,1-3H3. The Morgan fingerprint density at radius 1 is 1.12 bits per heavy atom. The first-order valence-corrected chi connectivity index (χ1v) is 9.20. The van der Waals surface area contributed by atoms with Crippen LogP contribution in [-0.2, 0) is 0 Å².